The summed E-state index contributed by atoms with van der Waals surface area (Å²) in [5, 5.41) is 4.86. The zero-order chi connectivity index (χ0) is 15.4. The normalized spacial score (nSPS) is 11.1. The molecular formula is C17H14FN3O. The van der Waals surface area contributed by atoms with E-state index >= 15 is 0 Å². The van der Waals surface area contributed by atoms with Crippen molar-refractivity contribution in [3.8, 4) is 0 Å². The molecule has 0 aliphatic carbocycles. The number of hydrogen-bond donors (Lipinski definition) is 2. The van der Waals surface area contributed by atoms with Gasteiger partial charge in [0.15, 0.2) is 0 Å². The van der Waals surface area contributed by atoms with Crippen molar-refractivity contribution < 1.29 is 9.18 Å². The summed E-state index contributed by atoms with van der Waals surface area (Å²) in [4.78, 5) is 15.0. The lowest BCUT2D eigenvalue weighted by Crippen LogP contribution is -2.19. The molecule has 0 aliphatic rings. The van der Waals surface area contributed by atoms with Gasteiger partial charge in [0.05, 0.1) is 12.6 Å². The van der Waals surface area contributed by atoms with E-state index in [0.717, 1.165) is 16.5 Å². The molecule has 2 N–H and O–H groups in total. The van der Waals surface area contributed by atoms with Gasteiger partial charge in [0.2, 0.25) is 5.91 Å². The maximum Gasteiger partial charge on any atom is 0.244 e. The van der Waals surface area contributed by atoms with Crippen molar-refractivity contribution in [3.05, 3.63) is 71.7 Å². The number of aromatic amines is 1. The Morgan fingerprint density at radius 2 is 2.09 bits per heavy atom. The molecule has 22 heavy (non-hydrogen) atoms. The van der Waals surface area contributed by atoms with Gasteiger partial charge in [-0.1, -0.05) is 30.3 Å². The minimum absolute atomic E-state index is 0.225. The third kappa shape index (κ3) is 3.20. The van der Waals surface area contributed by atoms with Gasteiger partial charge in [0.1, 0.15) is 5.82 Å². The number of carbonyl (C=O) groups excluding carboxylic acids is 1. The second-order valence-corrected chi connectivity index (χ2v) is 4.88. The highest BCUT2D eigenvalue weighted by Crippen LogP contribution is 2.17. The van der Waals surface area contributed by atoms with E-state index in [4.69, 9.17) is 0 Å². The molecule has 1 heterocycles. The number of amides is 1. The molecule has 110 valence electrons. The molecule has 1 aromatic heterocycles. The fraction of sp³-hybridized carbons (Fsp3) is 0.0588. The van der Waals surface area contributed by atoms with E-state index in [-0.39, 0.29) is 18.1 Å². The first kappa shape index (κ1) is 14.0. The molecule has 0 radical (unpaired) electrons. The second kappa shape index (κ2) is 6.22. The number of hydrazone groups is 1. The molecule has 0 fully saturated rings. The largest absolute Gasteiger partial charge is 0.361 e. The Morgan fingerprint density at radius 1 is 1.23 bits per heavy atom. The minimum Gasteiger partial charge on any atom is -0.361 e. The molecule has 4 nitrogen and oxygen atoms in total. The predicted molar refractivity (Wildman–Crippen MR) is 84.1 cm³/mol. The number of benzene rings is 2. The lowest BCUT2D eigenvalue weighted by molar-refractivity contribution is -0.120. The minimum atomic E-state index is -0.339. The van der Waals surface area contributed by atoms with Crippen LogP contribution in [0.2, 0.25) is 0 Å². The molecule has 0 spiro atoms. The maximum atomic E-state index is 13.0. The van der Waals surface area contributed by atoms with Crippen molar-refractivity contribution in [2.45, 2.75) is 6.42 Å². The Morgan fingerprint density at radius 3 is 2.95 bits per heavy atom. The number of halogens is 1. The first-order valence-electron chi connectivity index (χ1n) is 6.85. The van der Waals surface area contributed by atoms with Crippen LogP contribution in [0.3, 0.4) is 0 Å². The molecule has 0 aliphatic heterocycles. The fourth-order valence-corrected chi connectivity index (χ4v) is 2.26. The third-order valence-electron chi connectivity index (χ3n) is 3.28. The van der Waals surface area contributed by atoms with Crippen LogP contribution < -0.4 is 5.43 Å². The van der Waals surface area contributed by atoms with Crippen molar-refractivity contribution in [1.29, 1.82) is 0 Å². The fourth-order valence-electron chi connectivity index (χ4n) is 2.26. The molecule has 3 aromatic rings. The van der Waals surface area contributed by atoms with Gasteiger partial charge in [0.25, 0.3) is 0 Å². The van der Waals surface area contributed by atoms with Crippen molar-refractivity contribution in [2.24, 2.45) is 5.10 Å². The van der Waals surface area contributed by atoms with Gasteiger partial charge in [-0.15, -0.1) is 0 Å². The molecule has 0 saturated carbocycles. The molecule has 3 rings (SSSR count). The molecule has 2 aromatic carbocycles. The summed E-state index contributed by atoms with van der Waals surface area (Å²) < 4.78 is 13.0. The second-order valence-electron chi connectivity index (χ2n) is 4.88. The van der Waals surface area contributed by atoms with Crippen LogP contribution in [-0.2, 0) is 11.2 Å². The van der Waals surface area contributed by atoms with Gasteiger partial charge >= 0.3 is 0 Å². The van der Waals surface area contributed by atoms with E-state index < -0.39 is 0 Å². The Balaban J connectivity index is 1.63. The van der Waals surface area contributed by atoms with Crippen LogP contribution in [0, 0.1) is 5.82 Å². The molecule has 0 atom stereocenters. The lowest BCUT2D eigenvalue weighted by Gasteiger charge is -1.99. The van der Waals surface area contributed by atoms with E-state index in [1.807, 2.05) is 30.5 Å². The smallest absolute Gasteiger partial charge is 0.244 e. The van der Waals surface area contributed by atoms with Gasteiger partial charge < -0.3 is 4.98 Å². The van der Waals surface area contributed by atoms with Crippen LogP contribution in [0.5, 0.6) is 0 Å². The lowest BCUT2D eigenvalue weighted by atomic mass is 10.1. The number of nitrogens with zero attached hydrogens (tertiary/aromatic N) is 1. The highest BCUT2D eigenvalue weighted by Gasteiger charge is 2.07. The summed E-state index contributed by atoms with van der Waals surface area (Å²) in [7, 11) is 0. The van der Waals surface area contributed by atoms with Crippen molar-refractivity contribution in [1.82, 2.24) is 10.4 Å². The summed E-state index contributed by atoms with van der Waals surface area (Å²) in [5.74, 6) is -0.563. The van der Waals surface area contributed by atoms with Gasteiger partial charge in [0, 0.05) is 17.1 Å². The van der Waals surface area contributed by atoms with Crippen LogP contribution in [-0.4, -0.2) is 17.1 Å². The van der Waals surface area contributed by atoms with Crippen LogP contribution in [0.25, 0.3) is 10.9 Å². The average molecular weight is 295 g/mol. The number of aromatic nitrogens is 1. The standard InChI is InChI=1S/C17H14FN3O/c18-14-5-3-4-12(8-14)10-20-21-17(22)9-13-11-19-16-7-2-1-6-15(13)16/h1-8,10-11,19H,9H2,(H,21,22). The van der Waals surface area contributed by atoms with E-state index in [9.17, 15) is 9.18 Å². The summed E-state index contributed by atoms with van der Waals surface area (Å²) in [6.45, 7) is 0. The number of fused-ring (bicyclic) bond motifs is 1. The van der Waals surface area contributed by atoms with Crippen LogP contribution in [0.15, 0.2) is 59.8 Å². The molecule has 0 saturated heterocycles. The summed E-state index contributed by atoms with van der Waals surface area (Å²) in [5.41, 5.74) is 4.94. The van der Waals surface area contributed by atoms with E-state index in [1.54, 1.807) is 12.1 Å². The van der Waals surface area contributed by atoms with Crippen LogP contribution in [0.4, 0.5) is 4.39 Å². The van der Waals surface area contributed by atoms with Crippen molar-refractivity contribution in [2.75, 3.05) is 0 Å². The average Bonchev–Trinajstić information content (AvgIpc) is 2.91. The first-order chi connectivity index (χ1) is 10.7. The summed E-state index contributed by atoms with van der Waals surface area (Å²) >= 11 is 0. The third-order valence-corrected chi connectivity index (χ3v) is 3.28. The number of hydrogen-bond acceptors (Lipinski definition) is 2. The first-order valence-corrected chi connectivity index (χ1v) is 6.85. The number of para-hydroxylation sites is 1. The van der Waals surface area contributed by atoms with E-state index in [2.05, 4.69) is 15.5 Å². The van der Waals surface area contributed by atoms with E-state index in [1.165, 1.54) is 18.3 Å². The Labute approximate surface area is 126 Å². The SMILES string of the molecule is O=C(Cc1c[nH]c2ccccc12)NN=Cc1cccc(F)c1. The quantitative estimate of drug-likeness (QED) is 0.564. The number of rotatable bonds is 4. The maximum absolute atomic E-state index is 13.0. The number of nitrogens with one attached hydrogen (secondary N) is 2. The van der Waals surface area contributed by atoms with Crippen LogP contribution >= 0.6 is 0 Å². The molecular weight excluding hydrogens is 281 g/mol. The zero-order valence-corrected chi connectivity index (χ0v) is 11.7. The summed E-state index contributed by atoms with van der Waals surface area (Å²) in [6.07, 6.45) is 3.46. The summed E-state index contributed by atoms with van der Waals surface area (Å²) in [6, 6.07) is 13.8. The molecule has 1 amide bonds. The molecule has 0 bridgehead atoms. The van der Waals surface area contributed by atoms with Gasteiger partial charge in [-0.2, -0.15) is 5.10 Å². The van der Waals surface area contributed by atoms with Crippen molar-refractivity contribution >= 4 is 23.0 Å². The Hall–Kier alpha value is -2.95. The topological polar surface area (TPSA) is 57.2 Å². The highest BCUT2D eigenvalue weighted by atomic mass is 19.1. The van der Waals surface area contributed by atoms with Gasteiger partial charge in [-0.25, -0.2) is 9.82 Å². The van der Waals surface area contributed by atoms with Gasteiger partial charge in [-0.3, -0.25) is 4.79 Å². The number of carbonyl (C=O) groups is 1. The number of H-pyrrole nitrogens is 1. The highest BCUT2D eigenvalue weighted by molar-refractivity contribution is 5.89. The Bertz CT molecular complexity index is 839. The van der Waals surface area contributed by atoms with Gasteiger partial charge in [-0.05, 0) is 29.3 Å². The molecule has 5 heteroatoms. The monoisotopic (exact) mass is 295 g/mol. The Kier molecular flexibility index (Phi) is 3.96. The zero-order valence-electron chi connectivity index (χ0n) is 11.7. The predicted octanol–water partition coefficient (Wildman–Crippen LogP) is 3.00. The molecule has 0 unspecified atom stereocenters. The van der Waals surface area contributed by atoms with Crippen molar-refractivity contribution in [3.63, 3.8) is 0 Å². The van der Waals surface area contributed by atoms with E-state index in [0.29, 0.717) is 5.56 Å². The van der Waals surface area contributed by atoms with Crippen LogP contribution in [0.1, 0.15) is 11.1 Å².